The molecule has 2 aliphatic rings. The van der Waals surface area contributed by atoms with Crippen LogP contribution in [0.1, 0.15) is 25.3 Å². The Morgan fingerprint density at radius 3 is 2.50 bits per heavy atom. The highest BCUT2D eigenvalue weighted by molar-refractivity contribution is 14.0. The summed E-state index contributed by atoms with van der Waals surface area (Å²) in [5, 5.41) is 6.95. The first-order chi connectivity index (χ1) is 14.2. The predicted molar refractivity (Wildman–Crippen MR) is 133 cm³/mol. The summed E-state index contributed by atoms with van der Waals surface area (Å²) in [6.45, 7) is 10.2. The average Bonchev–Trinajstić information content (AvgIpc) is 3.18. The fraction of sp³-hybridized carbons (Fsp3) is 0.636. The summed E-state index contributed by atoms with van der Waals surface area (Å²) < 4.78 is 0. The monoisotopic (exact) mass is 528 g/mol. The molecule has 1 aromatic carbocycles. The van der Waals surface area contributed by atoms with Gasteiger partial charge in [0.25, 0.3) is 0 Å². The van der Waals surface area contributed by atoms with Crippen molar-refractivity contribution in [2.24, 2.45) is 4.99 Å². The standard InChI is InChI=1S/C22H36N6O.HI/c1-19(29)27-15-13-26(14-16-27)12-10-24-22(23-2)25-17-21-9-6-11-28(21)18-20-7-4-3-5-8-20;/h3-5,7-8,21H,6,9-18H2,1-2H3,(H2,23,24,25);1H. The number of likely N-dealkylation sites (tertiary alicyclic amines) is 1. The molecular weight excluding hydrogens is 491 g/mol. The van der Waals surface area contributed by atoms with Crippen LogP contribution in [-0.2, 0) is 11.3 Å². The van der Waals surface area contributed by atoms with Crippen LogP contribution in [-0.4, -0.2) is 92.0 Å². The smallest absolute Gasteiger partial charge is 0.219 e. The number of amides is 1. The Morgan fingerprint density at radius 2 is 1.83 bits per heavy atom. The minimum absolute atomic E-state index is 0. The fourth-order valence-electron chi connectivity index (χ4n) is 4.21. The Bertz CT molecular complexity index is 663. The topological polar surface area (TPSA) is 63.2 Å². The molecule has 7 nitrogen and oxygen atoms in total. The van der Waals surface area contributed by atoms with Crippen LogP contribution < -0.4 is 10.6 Å². The van der Waals surface area contributed by atoms with Crippen molar-refractivity contribution in [2.75, 3.05) is 59.4 Å². The van der Waals surface area contributed by atoms with Crippen molar-refractivity contribution in [3.05, 3.63) is 35.9 Å². The van der Waals surface area contributed by atoms with Gasteiger partial charge in [-0.1, -0.05) is 30.3 Å². The number of piperazine rings is 1. The summed E-state index contributed by atoms with van der Waals surface area (Å²) in [6.07, 6.45) is 2.49. The van der Waals surface area contributed by atoms with Gasteiger partial charge in [-0.05, 0) is 24.9 Å². The number of aliphatic imine (C=N–C) groups is 1. The van der Waals surface area contributed by atoms with E-state index in [1.165, 1.54) is 24.9 Å². The average molecular weight is 528 g/mol. The van der Waals surface area contributed by atoms with Gasteiger partial charge in [0.05, 0.1) is 0 Å². The minimum Gasteiger partial charge on any atom is -0.355 e. The maximum atomic E-state index is 11.4. The van der Waals surface area contributed by atoms with Gasteiger partial charge in [-0.3, -0.25) is 19.6 Å². The lowest BCUT2D eigenvalue weighted by molar-refractivity contribution is -0.130. The highest BCUT2D eigenvalue weighted by Crippen LogP contribution is 2.19. The van der Waals surface area contributed by atoms with Crippen LogP contribution in [0.25, 0.3) is 0 Å². The van der Waals surface area contributed by atoms with E-state index in [0.29, 0.717) is 6.04 Å². The van der Waals surface area contributed by atoms with Gasteiger partial charge >= 0.3 is 0 Å². The lowest BCUT2D eigenvalue weighted by Gasteiger charge is -2.34. The fourth-order valence-corrected chi connectivity index (χ4v) is 4.21. The van der Waals surface area contributed by atoms with Gasteiger partial charge in [0.2, 0.25) is 5.91 Å². The molecule has 1 atom stereocenters. The van der Waals surface area contributed by atoms with Crippen molar-refractivity contribution in [3.63, 3.8) is 0 Å². The molecule has 2 saturated heterocycles. The molecule has 8 heteroatoms. The third kappa shape index (κ3) is 7.70. The van der Waals surface area contributed by atoms with Crippen molar-refractivity contribution in [1.29, 1.82) is 0 Å². The first-order valence-corrected chi connectivity index (χ1v) is 10.9. The normalized spacial score (nSPS) is 20.7. The molecule has 168 valence electrons. The summed E-state index contributed by atoms with van der Waals surface area (Å²) in [6, 6.07) is 11.3. The first kappa shape index (κ1) is 24.9. The number of rotatable bonds is 7. The van der Waals surface area contributed by atoms with Gasteiger partial charge in [-0.25, -0.2) is 0 Å². The van der Waals surface area contributed by atoms with E-state index in [4.69, 9.17) is 0 Å². The number of carbonyl (C=O) groups excluding carboxylic acids is 1. The Morgan fingerprint density at radius 1 is 1.10 bits per heavy atom. The molecule has 30 heavy (non-hydrogen) atoms. The summed E-state index contributed by atoms with van der Waals surface area (Å²) in [4.78, 5) is 22.7. The number of guanidine groups is 1. The van der Waals surface area contributed by atoms with E-state index in [1.54, 1.807) is 6.92 Å². The second-order valence-electron chi connectivity index (χ2n) is 7.98. The van der Waals surface area contributed by atoms with Gasteiger partial charge in [0.1, 0.15) is 0 Å². The molecule has 2 fully saturated rings. The van der Waals surface area contributed by atoms with E-state index >= 15 is 0 Å². The van der Waals surface area contributed by atoms with E-state index in [0.717, 1.165) is 58.3 Å². The maximum absolute atomic E-state index is 11.4. The van der Waals surface area contributed by atoms with E-state index < -0.39 is 0 Å². The summed E-state index contributed by atoms with van der Waals surface area (Å²) in [5.74, 6) is 1.06. The van der Waals surface area contributed by atoms with E-state index in [2.05, 4.69) is 55.8 Å². The number of hydrogen-bond donors (Lipinski definition) is 2. The summed E-state index contributed by atoms with van der Waals surface area (Å²) in [7, 11) is 1.83. The zero-order valence-corrected chi connectivity index (χ0v) is 20.7. The zero-order chi connectivity index (χ0) is 20.5. The molecule has 1 aromatic rings. The Balaban J connectivity index is 0.00000320. The number of nitrogens with zero attached hydrogens (tertiary/aromatic N) is 4. The van der Waals surface area contributed by atoms with Gasteiger partial charge in [-0.15, -0.1) is 24.0 Å². The highest BCUT2D eigenvalue weighted by Gasteiger charge is 2.24. The molecule has 0 spiro atoms. The van der Waals surface area contributed by atoms with Crippen molar-refractivity contribution < 1.29 is 4.79 Å². The highest BCUT2D eigenvalue weighted by atomic mass is 127. The third-order valence-corrected chi connectivity index (χ3v) is 5.99. The minimum atomic E-state index is 0. The third-order valence-electron chi connectivity index (χ3n) is 5.99. The van der Waals surface area contributed by atoms with Crippen LogP contribution in [0.2, 0.25) is 0 Å². The van der Waals surface area contributed by atoms with Crippen molar-refractivity contribution >= 4 is 35.8 Å². The number of hydrogen-bond acceptors (Lipinski definition) is 4. The molecule has 1 amide bonds. The van der Waals surface area contributed by atoms with E-state index in [9.17, 15) is 4.79 Å². The molecule has 0 aliphatic carbocycles. The molecule has 2 aliphatic heterocycles. The second kappa shape index (κ2) is 13.1. The number of carbonyl (C=O) groups is 1. The van der Waals surface area contributed by atoms with Crippen LogP contribution in [0, 0.1) is 0 Å². The largest absolute Gasteiger partial charge is 0.355 e. The number of halogens is 1. The van der Waals surface area contributed by atoms with Crippen molar-refractivity contribution in [3.8, 4) is 0 Å². The quantitative estimate of drug-likeness (QED) is 0.320. The van der Waals surface area contributed by atoms with Gasteiger partial charge in [0, 0.05) is 72.4 Å². The van der Waals surface area contributed by atoms with Gasteiger partial charge in [-0.2, -0.15) is 0 Å². The lowest BCUT2D eigenvalue weighted by atomic mass is 10.2. The maximum Gasteiger partial charge on any atom is 0.219 e. The molecular formula is C22H37IN6O. The van der Waals surface area contributed by atoms with Crippen LogP contribution in [0.15, 0.2) is 35.3 Å². The molecule has 0 saturated carbocycles. The Hall–Kier alpha value is -1.39. The first-order valence-electron chi connectivity index (χ1n) is 10.9. The summed E-state index contributed by atoms with van der Waals surface area (Å²) in [5.41, 5.74) is 1.38. The van der Waals surface area contributed by atoms with Crippen LogP contribution >= 0.6 is 24.0 Å². The van der Waals surface area contributed by atoms with Crippen molar-refractivity contribution in [2.45, 2.75) is 32.4 Å². The molecule has 0 radical (unpaired) electrons. The summed E-state index contributed by atoms with van der Waals surface area (Å²) >= 11 is 0. The molecule has 2 N–H and O–H groups in total. The van der Waals surface area contributed by atoms with Gasteiger partial charge in [0.15, 0.2) is 5.96 Å². The SMILES string of the molecule is CN=C(NCCN1CCN(C(C)=O)CC1)NCC1CCCN1Cc1ccccc1.I. The van der Waals surface area contributed by atoms with Crippen molar-refractivity contribution in [1.82, 2.24) is 25.3 Å². The Kier molecular flexibility index (Phi) is 10.9. The Labute approximate surface area is 198 Å². The van der Waals surface area contributed by atoms with E-state index in [-0.39, 0.29) is 29.9 Å². The zero-order valence-electron chi connectivity index (χ0n) is 18.3. The number of nitrogens with one attached hydrogen (secondary N) is 2. The molecule has 3 rings (SSSR count). The van der Waals surface area contributed by atoms with Crippen LogP contribution in [0.4, 0.5) is 0 Å². The molecule has 0 bridgehead atoms. The molecule has 0 aromatic heterocycles. The molecule has 1 unspecified atom stereocenters. The van der Waals surface area contributed by atoms with E-state index in [1.807, 2.05) is 11.9 Å². The molecule has 2 heterocycles. The lowest BCUT2D eigenvalue weighted by Crippen LogP contribution is -2.51. The van der Waals surface area contributed by atoms with Gasteiger partial charge < -0.3 is 15.5 Å². The van der Waals surface area contributed by atoms with Crippen LogP contribution in [0.5, 0.6) is 0 Å². The number of benzene rings is 1. The second-order valence-corrected chi connectivity index (χ2v) is 7.98. The predicted octanol–water partition coefficient (Wildman–Crippen LogP) is 1.60. The van der Waals surface area contributed by atoms with Crippen LogP contribution in [0.3, 0.4) is 0 Å².